The number of furan rings is 1. The summed E-state index contributed by atoms with van der Waals surface area (Å²) in [6.07, 6.45) is 2.85. The fourth-order valence-electron chi connectivity index (χ4n) is 2.85. The van der Waals surface area contributed by atoms with Crippen LogP contribution in [0.3, 0.4) is 0 Å². The lowest BCUT2D eigenvalue weighted by Crippen LogP contribution is -2.32. The van der Waals surface area contributed by atoms with E-state index in [0.29, 0.717) is 16.0 Å². The molecule has 0 unspecified atom stereocenters. The molecule has 0 aliphatic heterocycles. The highest BCUT2D eigenvalue weighted by Crippen LogP contribution is 2.33. The van der Waals surface area contributed by atoms with Crippen LogP contribution in [0.2, 0.25) is 0 Å². The molecule has 0 saturated heterocycles. The van der Waals surface area contributed by atoms with Crippen LogP contribution in [0.5, 0.6) is 0 Å². The molecule has 1 amide bonds. The first-order valence-electron chi connectivity index (χ1n) is 8.95. The van der Waals surface area contributed by atoms with Crippen LogP contribution in [0.15, 0.2) is 56.8 Å². The van der Waals surface area contributed by atoms with Gasteiger partial charge in [0, 0.05) is 22.9 Å². The van der Waals surface area contributed by atoms with Gasteiger partial charge in [0.05, 0.1) is 24.5 Å². The van der Waals surface area contributed by atoms with E-state index in [4.69, 9.17) is 9.15 Å². The van der Waals surface area contributed by atoms with E-state index >= 15 is 0 Å². The highest BCUT2D eigenvalue weighted by Gasteiger charge is 2.17. The molecular formula is C20H17N3O5S2. The molecule has 0 saturated carbocycles. The van der Waals surface area contributed by atoms with Crippen molar-refractivity contribution < 1.29 is 18.7 Å². The number of thiophene rings is 2. The Bertz CT molecular complexity index is 1230. The maximum absolute atomic E-state index is 12.9. The normalized spacial score (nSPS) is 11.0. The number of hydrogen-bond donors (Lipinski definition) is 0. The number of esters is 1. The number of likely N-dealkylation sites (N-methyl/N-ethyl adjacent to an activating group) is 1. The van der Waals surface area contributed by atoms with E-state index in [1.807, 2.05) is 22.9 Å². The summed E-state index contributed by atoms with van der Waals surface area (Å²) in [5, 5.41) is 4.30. The molecule has 4 aromatic heterocycles. The summed E-state index contributed by atoms with van der Waals surface area (Å²) >= 11 is 2.91. The molecule has 0 fully saturated rings. The first-order valence-corrected chi connectivity index (χ1v) is 10.7. The topological polar surface area (TPSA) is 94.6 Å². The van der Waals surface area contributed by atoms with Gasteiger partial charge in [-0.1, -0.05) is 6.07 Å². The second-order valence-electron chi connectivity index (χ2n) is 6.47. The van der Waals surface area contributed by atoms with Gasteiger partial charge in [-0.15, -0.1) is 22.7 Å². The monoisotopic (exact) mass is 443 g/mol. The number of carbonyl (C=O) groups is 2. The van der Waals surface area contributed by atoms with Gasteiger partial charge in [0.15, 0.2) is 6.61 Å². The van der Waals surface area contributed by atoms with E-state index in [9.17, 15) is 14.4 Å². The number of ether oxygens (including phenoxy) is 1. The molecule has 4 heterocycles. The maximum Gasteiger partial charge on any atom is 0.326 e. The number of nitrogens with zero attached hydrogens (tertiary/aromatic N) is 3. The Kier molecular flexibility index (Phi) is 5.77. The van der Waals surface area contributed by atoms with Gasteiger partial charge >= 0.3 is 5.97 Å². The molecule has 0 spiro atoms. The summed E-state index contributed by atoms with van der Waals surface area (Å²) in [6.45, 7) is -0.469. The van der Waals surface area contributed by atoms with Crippen LogP contribution < -0.4 is 5.56 Å². The van der Waals surface area contributed by atoms with Gasteiger partial charge in [0.2, 0.25) is 0 Å². The summed E-state index contributed by atoms with van der Waals surface area (Å²) in [7, 11) is 1.59. The zero-order valence-corrected chi connectivity index (χ0v) is 17.6. The van der Waals surface area contributed by atoms with Gasteiger partial charge in [0.1, 0.15) is 17.1 Å². The van der Waals surface area contributed by atoms with Gasteiger partial charge in [-0.2, -0.15) is 0 Å². The lowest BCUT2D eigenvalue weighted by molar-refractivity contribution is -0.152. The predicted octanol–water partition coefficient (Wildman–Crippen LogP) is 2.98. The number of fused-ring (bicyclic) bond motifs is 1. The number of rotatable bonds is 7. The number of carbonyl (C=O) groups excluding carboxylic acids is 2. The van der Waals surface area contributed by atoms with Gasteiger partial charge in [0.25, 0.3) is 11.5 Å². The highest BCUT2D eigenvalue weighted by molar-refractivity contribution is 7.18. The van der Waals surface area contributed by atoms with Crippen molar-refractivity contribution in [2.45, 2.75) is 13.1 Å². The second kappa shape index (κ2) is 8.64. The van der Waals surface area contributed by atoms with Gasteiger partial charge in [-0.3, -0.25) is 19.0 Å². The predicted molar refractivity (Wildman–Crippen MR) is 113 cm³/mol. The molecule has 4 rings (SSSR count). The van der Waals surface area contributed by atoms with Crippen molar-refractivity contribution >= 4 is 44.8 Å². The van der Waals surface area contributed by atoms with Crippen molar-refractivity contribution in [3.8, 4) is 10.4 Å². The van der Waals surface area contributed by atoms with Crippen LogP contribution in [0.25, 0.3) is 20.7 Å². The average molecular weight is 444 g/mol. The molecule has 30 heavy (non-hydrogen) atoms. The number of aromatic nitrogens is 2. The van der Waals surface area contributed by atoms with Crippen LogP contribution in [-0.2, 0) is 27.4 Å². The Labute approximate surface area is 178 Å². The minimum absolute atomic E-state index is 0.271. The number of hydrogen-bond acceptors (Lipinski definition) is 8. The second-order valence-corrected chi connectivity index (χ2v) is 8.28. The Balaban J connectivity index is 1.42. The standard InChI is InChI=1S/C20H17N3O5S2/c1-22(8-13-4-2-6-27-13)16(24)10-28-17(25)9-23-12-21-19-18(20(23)26)14(11-30-19)15-5-3-7-29-15/h2-7,11-12H,8-10H2,1H3. The minimum Gasteiger partial charge on any atom is -0.467 e. The van der Waals surface area contributed by atoms with E-state index in [1.54, 1.807) is 19.2 Å². The van der Waals surface area contributed by atoms with Crippen LogP contribution >= 0.6 is 22.7 Å². The molecule has 0 aliphatic rings. The first kappa shape index (κ1) is 20.0. The fraction of sp³-hybridized carbons (Fsp3) is 0.200. The third kappa shape index (κ3) is 4.19. The Morgan fingerprint density at radius 3 is 2.87 bits per heavy atom. The zero-order chi connectivity index (χ0) is 21.1. The molecule has 154 valence electrons. The number of amides is 1. The quantitative estimate of drug-likeness (QED) is 0.408. The zero-order valence-electron chi connectivity index (χ0n) is 15.9. The molecule has 0 aliphatic carbocycles. The smallest absolute Gasteiger partial charge is 0.326 e. The largest absolute Gasteiger partial charge is 0.467 e. The lowest BCUT2D eigenvalue weighted by atomic mass is 10.2. The molecular weight excluding hydrogens is 426 g/mol. The van der Waals surface area contributed by atoms with Crippen LogP contribution in [0, 0.1) is 0 Å². The SMILES string of the molecule is CN(Cc1ccco1)C(=O)COC(=O)Cn1cnc2scc(-c3cccs3)c2c1=O. The molecule has 0 aromatic carbocycles. The maximum atomic E-state index is 12.9. The Morgan fingerprint density at radius 2 is 2.13 bits per heavy atom. The van der Waals surface area contributed by atoms with E-state index in [0.717, 1.165) is 10.4 Å². The van der Waals surface area contributed by atoms with E-state index < -0.39 is 12.6 Å². The highest BCUT2D eigenvalue weighted by atomic mass is 32.1. The van der Waals surface area contributed by atoms with Crippen molar-refractivity contribution in [1.29, 1.82) is 0 Å². The fourth-order valence-corrected chi connectivity index (χ4v) is 4.58. The molecule has 4 aromatic rings. The molecule has 0 atom stereocenters. The van der Waals surface area contributed by atoms with E-state index in [1.165, 1.54) is 44.7 Å². The minimum atomic E-state index is -0.689. The molecule has 0 radical (unpaired) electrons. The van der Waals surface area contributed by atoms with Crippen molar-refractivity contribution in [3.05, 3.63) is 63.7 Å². The van der Waals surface area contributed by atoms with Crippen molar-refractivity contribution in [3.63, 3.8) is 0 Å². The van der Waals surface area contributed by atoms with Gasteiger partial charge in [-0.25, -0.2) is 4.98 Å². The summed E-state index contributed by atoms with van der Waals surface area (Å²) in [5.41, 5.74) is 0.489. The Morgan fingerprint density at radius 1 is 1.27 bits per heavy atom. The third-order valence-electron chi connectivity index (χ3n) is 4.40. The molecule has 0 bridgehead atoms. The summed E-state index contributed by atoms with van der Waals surface area (Å²) in [4.78, 5) is 44.5. The van der Waals surface area contributed by atoms with E-state index in [2.05, 4.69) is 4.98 Å². The van der Waals surface area contributed by atoms with Crippen molar-refractivity contribution in [2.75, 3.05) is 13.7 Å². The van der Waals surface area contributed by atoms with Gasteiger partial charge < -0.3 is 14.1 Å². The van der Waals surface area contributed by atoms with Crippen molar-refractivity contribution in [2.24, 2.45) is 0 Å². The van der Waals surface area contributed by atoms with Crippen LogP contribution in [-0.4, -0.2) is 40.0 Å². The van der Waals surface area contributed by atoms with Crippen LogP contribution in [0.1, 0.15) is 5.76 Å². The summed E-state index contributed by atoms with van der Waals surface area (Å²) in [6, 6.07) is 7.32. The van der Waals surface area contributed by atoms with Crippen molar-refractivity contribution in [1.82, 2.24) is 14.5 Å². The van der Waals surface area contributed by atoms with Gasteiger partial charge in [-0.05, 0) is 23.6 Å². The third-order valence-corrected chi connectivity index (χ3v) is 6.19. The summed E-state index contributed by atoms with van der Waals surface area (Å²) in [5.74, 6) is -0.440. The summed E-state index contributed by atoms with van der Waals surface area (Å²) < 4.78 is 11.4. The molecule has 10 heteroatoms. The Hall–Kier alpha value is -3.24. The van der Waals surface area contributed by atoms with Crippen LogP contribution in [0.4, 0.5) is 0 Å². The molecule has 8 nitrogen and oxygen atoms in total. The van der Waals surface area contributed by atoms with E-state index in [-0.39, 0.29) is 24.6 Å². The lowest BCUT2D eigenvalue weighted by Gasteiger charge is -2.15. The molecule has 0 N–H and O–H groups in total. The average Bonchev–Trinajstić information content (AvgIpc) is 3.49. The first-order chi connectivity index (χ1) is 14.5.